The van der Waals surface area contributed by atoms with Crippen LogP contribution in [0.1, 0.15) is 6.92 Å². The summed E-state index contributed by atoms with van der Waals surface area (Å²) in [7, 11) is -4.42. The zero-order valence-electron chi connectivity index (χ0n) is 7.76. The molecule has 0 aliphatic heterocycles. The van der Waals surface area contributed by atoms with Gasteiger partial charge in [0.15, 0.2) is 0 Å². The van der Waals surface area contributed by atoms with Crippen LogP contribution in [0.25, 0.3) is 0 Å². The number of rotatable bonds is 4. The minimum absolute atomic E-state index is 0.0914. The molecule has 0 amide bonds. The fraction of sp³-hybridized carbons (Fsp3) is 0.500. The minimum atomic E-state index is -4.42. The summed E-state index contributed by atoms with van der Waals surface area (Å²) >= 11 is 0. The van der Waals surface area contributed by atoms with E-state index in [9.17, 15) is 17.8 Å². The summed E-state index contributed by atoms with van der Waals surface area (Å²) in [5.41, 5.74) is 3.28. The Bertz CT molecular complexity index is 259. The highest BCUT2D eigenvalue weighted by atomic mass is 32.3. The third-order valence-corrected chi connectivity index (χ3v) is 1.20. The van der Waals surface area contributed by atoms with Crippen molar-refractivity contribution >= 4 is 16.4 Å². The Morgan fingerprint density at radius 3 is 2.21 bits per heavy atom. The van der Waals surface area contributed by atoms with E-state index in [1.165, 1.54) is 6.92 Å². The Kier molecular flexibility index (Phi) is 9.56. The van der Waals surface area contributed by atoms with E-state index in [1.807, 2.05) is 0 Å². The first-order valence-corrected chi connectivity index (χ1v) is 4.89. The van der Waals surface area contributed by atoms with Crippen molar-refractivity contribution in [3.05, 3.63) is 12.7 Å². The number of esters is 1. The first kappa shape index (κ1) is 15.5. The lowest BCUT2D eigenvalue weighted by molar-refractivity contribution is -0.420. The molecule has 0 aromatic carbocycles. The number of carbonyl (C=O) groups is 1. The standard InChI is InChI=1S/C4H7NO2.C2H6O4S/c1-2-4(6)7-3-5;1-2-6-7(3,4)5/h2H,1,3,5H2;2H2,1H3,(H,3,4,5). The maximum absolute atomic E-state index is 10.0. The van der Waals surface area contributed by atoms with Gasteiger partial charge in [0.25, 0.3) is 0 Å². The van der Waals surface area contributed by atoms with Gasteiger partial charge in [0.2, 0.25) is 17.1 Å². The zero-order chi connectivity index (χ0) is 11.6. The number of quaternary nitrogens is 1. The topological polar surface area (TPSA) is 120 Å². The van der Waals surface area contributed by atoms with E-state index >= 15 is 0 Å². The minimum Gasteiger partial charge on any atom is -0.726 e. The third-order valence-electron chi connectivity index (χ3n) is 0.673. The molecule has 0 bridgehead atoms. The van der Waals surface area contributed by atoms with Gasteiger partial charge in [-0.1, -0.05) is 6.58 Å². The van der Waals surface area contributed by atoms with E-state index in [0.717, 1.165) is 6.08 Å². The molecule has 0 aliphatic rings. The van der Waals surface area contributed by atoms with Crippen LogP contribution in [0.5, 0.6) is 0 Å². The average molecular weight is 227 g/mol. The van der Waals surface area contributed by atoms with Crippen LogP contribution < -0.4 is 5.73 Å². The number of carbonyl (C=O) groups excluding carboxylic acids is 1. The molecule has 0 unspecified atom stereocenters. The molecular weight excluding hydrogens is 214 g/mol. The second-order valence-corrected chi connectivity index (χ2v) is 2.74. The van der Waals surface area contributed by atoms with Gasteiger partial charge < -0.3 is 15.0 Å². The quantitative estimate of drug-likeness (QED) is 0.203. The molecular formula is C6H13NO6S. The van der Waals surface area contributed by atoms with Gasteiger partial charge in [-0.05, 0) is 6.92 Å². The summed E-state index contributed by atoms with van der Waals surface area (Å²) in [6.07, 6.45) is 1.10. The summed E-state index contributed by atoms with van der Waals surface area (Å²) in [6.45, 7) is 4.68. The van der Waals surface area contributed by atoms with Crippen molar-refractivity contribution in [3.63, 3.8) is 0 Å². The Morgan fingerprint density at radius 2 is 2.14 bits per heavy atom. The molecule has 84 valence electrons. The van der Waals surface area contributed by atoms with Crippen LogP contribution in [0.3, 0.4) is 0 Å². The second kappa shape index (κ2) is 8.63. The van der Waals surface area contributed by atoms with E-state index < -0.39 is 16.4 Å². The summed E-state index contributed by atoms with van der Waals surface area (Å²) in [5, 5.41) is 0. The molecule has 0 aromatic rings. The van der Waals surface area contributed by atoms with Gasteiger partial charge >= 0.3 is 5.97 Å². The predicted molar refractivity (Wildman–Crippen MR) is 45.4 cm³/mol. The number of hydrogen-bond donors (Lipinski definition) is 1. The van der Waals surface area contributed by atoms with E-state index in [4.69, 9.17) is 0 Å². The monoisotopic (exact) mass is 227 g/mol. The fourth-order valence-electron chi connectivity index (χ4n) is 0.304. The van der Waals surface area contributed by atoms with E-state index in [0.29, 0.717) is 0 Å². The molecule has 0 atom stereocenters. The number of ether oxygens (including phenoxy) is 1. The van der Waals surface area contributed by atoms with Crippen molar-refractivity contribution in [2.75, 3.05) is 13.3 Å². The van der Waals surface area contributed by atoms with Crippen molar-refractivity contribution in [2.24, 2.45) is 0 Å². The summed E-state index contributed by atoms with van der Waals surface area (Å²) < 4.78 is 36.3. The van der Waals surface area contributed by atoms with Gasteiger partial charge in [-0.15, -0.1) is 0 Å². The van der Waals surface area contributed by atoms with Crippen molar-refractivity contribution in [3.8, 4) is 0 Å². The molecule has 0 saturated heterocycles. The SMILES string of the molecule is C=CC(=O)OC[NH3+].CCOS(=O)(=O)[O-]. The van der Waals surface area contributed by atoms with Crippen LogP contribution in [0, 0.1) is 0 Å². The molecule has 8 heteroatoms. The van der Waals surface area contributed by atoms with Crippen molar-refractivity contribution in [1.82, 2.24) is 0 Å². The molecule has 7 nitrogen and oxygen atoms in total. The van der Waals surface area contributed by atoms with Crippen LogP contribution in [0.4, 0.5) is 0 Å². The van der Waals surface area contributed by atoms with Crippen LogP contribution >= 0.6 is 0 Å². The van der Waals surface area contributed by atoms with Gasteiger partial charge in [-0.3, -0.25) is 4.18 Å². The lowest BCUT2D eigenvalue weighted by Gasteiger charge is -2.02. The molecule has 0 aliphatic carbocycles. The molecule has 3 N–H and O–H groups in total. The smallest absolute Gasteiger partial charge is 0.334 e. The van der Waals surface area contributed by atoms with Crippen molar-refractivity contribution in [2.45, 2.75) is 6.92 Å². The highest BCUT2D eigenvalue weighted by Gasteiger charge is 1.88. The molecule has 0 spiro atoms. The summed E-state index contributed by atoms with van der Waals surface area (Å²) in [5.74, 6) is -0.421. The van der Waals surface area contributed by atoms with Gasteiger partial charge in [0, 0.05) is 6.08 Å². The molecule has 14 heavy (non-hydrogen) atoms. The lowest BCUT2D eigenvalue weighted by Crippen LogP contribution is -2.52. The van der Waals surface area contributed by atoms with E-state index in [-0.39, 0.29) is 13.3 Å². The van der Waals surface area contributed by atoms with Gasteiger partial charge in [0.1, 0.15) is 0 Å². The normalized spacial score (nSPS) is 9.64. The van der Waals surface area contributed by atoms with E-state index in [2.05, 4.69) is 21.2 Å². The Hall–Kier alpha value is -0.960. The maximum Gasteiger partial charge on any atom is 0.334 e. The first-order chi connectivity index (χ1) is 6.37. The lowest BCUT2D eigenvalue weighted by atomic mass is 10.7. The zero-order valence-corrected chi connectivity index (χ0v) is 8.58. The summed E-state index contributed by atoms with van der Waals surface area (Å²) in [4.78, 5) is 10.0. The highest BCUT2D eigenvalue weighted by Crippen LogP contribution is 1.80. The maximum atomic E-state index is 10.0. The Labute approximate surface area is 82.4 Å². The molecule has 0 radical (unpaired) electrons. The van der Waals surface area contributed by atoms with Crippen LogP contribution in [-0.2, 0) is 24.1 Å². The van der Waals surface area contributed by atoms with Gasteiger partial charge in [-0.2, -0.15) is 0 Å². The van der Waals surface area contributed by atoms with E-state index in [1.54, 1.807) is 0 Å². The first-order valence-electron chi connectivity index (χ1n) is 3.56. The van der Waals surface area contributed by atoms with Gasteiger partial charge in [-0.25, -0.2) is 13.2 Å². The Morgan fingerprint density at radius 1 is 1.64 bits per heavy atom. The van der Waals surface area contributed by atoms with Crippen LogP contribution in [0.15, 0.2) is 12.7 Å². The Balaban J connectivity index is 0. The molecule has 0 rings (SSSR count). The van der Waals surface area contributed by atoms with Crippen molar-refractivity contribution in [1.29, 1.82) is 0 Å². The van der Waals surface area contributed by atoms with Crippen LogP contribution in [0.2, 0.25) is 0 Å². The summed E-state index contributed by atoms with van der Waals surface area (Å²) in [6, 6.07) is 0. The molecule has 0 saturated carbocycles. The molecule has 0 heterocycles. The predicted octanol–water partition coefficient (Wildman–Crippen LogP) is -1.60. The highest BCUT2D eigenvalue weighted by molar-refractivity contribution is 7.80. The van der Waals surface area contributed by atoms with Crippen LogP contribution in [-0.4, -0.2) is 32.3 Å². The van der Waals surface area contributed by atoms with Gasteiger partial charge in [0.05, 0.1) is 6.61 Å². The van der Waals surface area contributed by atoms with Crippen molar-refractivity contribution < 1.29 is 32.4 Å². The fourth-order valence-corrected chi connectivity index (χ4v) is 0.593. The number of hydrogen-bond acceptors (Lipinski definition) is 6. The molecule has 0 aromatic heterocycles. The second-order valence-electron chi connectivity index (χ2n) is 1.69. The average Bonchev–Trinajstić information content (AvgIpc) is 2.03. The third kappa shape index (κ3) is 17.2. The largest absolute Gasteiger partial charge is 0.726 e. The molecule has 0 fully saturated rings.